The minimum absolute atomic E-state index is 0.0199. The third-order valence-electron chi connectivity index (χ3n) is 5.14. The Morgan fingerprint density at radius 1 is 1.10 bits per heavy atom. The molecule has 0 aromatic carbocycles. The molecule has 2 saturated heterocycles. The quantitative estimate of drug-likeness (QED) is 0.836. The number of aliphatic carboxylic acids is 1. The summed E-state index contributed by atoms with van der Waals surface area (Å²) in [5, 5.41) is 9.45. The molecule has 3 rings (SSSR count). The molecule has 112 valence electrons. The SMILES string of the molecule is O=C(O)C1CC2CCCCC2N1C(=O)C1CCCOC1. The van der Waals surface area contributed by atoms with E-state index in [4.69, 9.17) is 4.74 Å². The average Bonchev–Trinajstić information content (AvgIpc) is 2.87. The molecule has 5 nitrogen and oxygen atoms in total. The monoisotopic (exact) mass is 281 g/mol. The third kappa shape index (κ3) is 2.43. The van der Waals surface area contributed by atoms with E-state index in [1.807, 2.05) is 0 Å². The van der Waals surface area contributed by atoms with Crippen LogP contribution in [0.1, 0.15) is 44.9 Å². The first-order chi connectivity index (χ1) is 9.68. The number of ether oxygens (including phenoxy) is 1. The number of carbonyl (C=O) groups excluding carboxylic acids is 1. The number of rotatable bonds is 2. The van der Waals surface area contributed by atoms with E-state index in [1.165, 1.54) is 6.42 Å². The van der Waals surface area contributed by atoms with Crippen LogP contribution in [0.15, 0.2) is 0 Å². The number of carboxylic acid groups (broad SMARTS) is 1. The summed E-state index contributed by atoms with van der Waals surface area (Å²) in [6, 6.07) is -0.461. The number of nitrogens with zero attached hydrogens (tertiary/aromatic N) is 1. The number of carboxylic acids is 1. The average molecular weight is 281 g/mol. The van der Waals surface area contributed by atoms with Gasteiger partial charge in [0.2, 0.25) is 5.91 Å². The van der Waals surface area contributed by atoms with E-state index in [0.29, 0.717) is 18.9 Å². The van der Waals surface area contributed by atoms with E-state index >= 15 is 0 Å². The lowest BCUT2D eigenvalue weighted by atomic mass is 9.84. The Morgan fingerprint density at radius 3 is 2.60 bits per heavy atom. The van der Waals surface area contributed by atoms with Crippen LogP contribution in [-0.2, 0) is 14.3 Å². The maximum atomic E-state index is 12.8. The first-order valence-electron chi connectivity index (χ1n) is 7.81. The predicted octanol–water partition coefficient (Wildman–Crippen LogP) is 1.66. The maximum absolute atomic E-state index is 12.8. The molecule has 4 atom stereocenters. The smallest absolute Gasteiger partial charge is 0.326 e. The fraction of sp³-hybridized carbons (Fsp3) is 0.867. The highest BCUT2D eigenvalue weighted by molar-refractivity contribution is 5.86. The molecule has 3 aliphatic rings. The summed E-state index contributed by atoms with van der Waals surface area (Å²) in [5.41, 5.74) is 0. The van der Waals surface area contributed by atoms with Crippen molar-refractivity contribution in [1.29, 1.82) is 0 Å². The molecule has 0 spiro atoms. The van der Waals surface area contributed by atoms with Crippen molar-refractivity contribution < 1.29 is 19.4 Å². The van der Waals surface area contributed by atoms with E-state index < -0.39 is 12.0 Å². The van der Waals surface area contributed by atoms with Crippen LogP contribution in [0.4, 0.5) is 0 Å². The van der Waals surface area contributed by atoms with Gasteiger partial charge in [0.25, 0.3) is 0 Å². The van der Waals surface area contributed by atoms with Crippen molar-refractivity contribution >= 4 is 11.9 Å². The van der Waals surface area contributed by atoms with Crippen LogP contribution in [-0.4, -0.2) is 47.2 Å². The molecular weight excluding hydrogens is 258 g/mol. The van der Waals surface area contributed by atoms with Gasteiger partial charge in [-0.3, -0.25) is 4.79 Å². The molecule has 0 aromatic heterocycles. The molecule has 3 fully saturated rings. The van der Waals surface area contributed by atoms with E-state index in [2.05, 4.69) is 0 Å². The molecular formula is C15H23NO4. The summed E-state index contributed by atoms with van der Waals surface area (Å²) in [4.78, 5) is 26.0. The first kappa shape index (κ1) is 13.9. The lowest BCUT2D eigenvalue weighted by Gasteiger charge is -2.36. The second-order valence-electron chi connectivity index (χ2n) is 6.36. The van der Waals surface area contributed by atoms with Crippen LogP contribution < -0.4 is 0 Å². The van der Waals surface area contributed by atoms with Gasteiger partial charge in [-0.15, -0.1) is 0 Å². The number of amides is 1. The van der Waals surface area contributed by atoms with Gasteiger partial charge in [0, 0.05) is 12.6 Å². The fourth-order valence-electron chi connectivity index (χ4n) is 4.14. The number of carbonyl (C=O) groups is 2. The highest BCUT2D eigenvalue weighted by Crippen LogP contribution is 2.41. The molecule has 1 amide bonds. The van der Waals surface area contributed by atoms with E-state index in [9.17, 15) is 14.7 Å². The topological polar surface area (TPSA) is 66.8 Å². The van der Waals surface area contributed by atoms with E-state index in [0.717, 1.165) is 38.7 Å². The summed E-state index contributed by atoms with van der Waals surface area (Å²) in [7, 11) is 0. The van der Waals surface area contributed by atoms with E-state index in [-0.39, 0.29) is 17.9 Å². The molecule has 0 aromatic rings. The highest BCUT2D eigenvalue weighted by atomic mass is 16.5. The Morgan fingerprint density at radius 2 is 1.90 bits per heavy atom. The molecule has 0 bridgehead atoms. The molecule has 20 heavy (non-hydrogen) atoms. The Hall–Kier alpha value is -1.10. The molecule has 1 aliphatic carbocycles. The van der Waals surface area contributed by atoms with Gasteiger partial charge in [0.05, 0.1) is 12.5 Å². The van der Waals surface area contributed by atoms with Crippen molar-refractivity contribution in [3.05, 3.63) is 0 Å². The number of likely N-dealkylation sites (tertiary alicyclic amines) is 1. The molecule has 0 radical (unpaired) electrons. The van der Waals surface area contributed by atoms with Crippen LogP contribution in [0.5, 0.6) is 0 Å². The standard InChI is InChI=1S/C15H23NO4/c17-14(11-5-3-7-20-9-11)16-12-6-2-1-4-10(12)8-13(16)15(18)19/h10-13H,1-9H2,(H,18,19). The fourth-order valence-corrected chi connectivity index (χ4v) is 4.14. The zero-order chi connectivity index (χ0) is 14.1. The van der Waals surface area contributed by atoms with Crippen LogP contribution in [0.25, 0.3) is 0 Å². The van der Waals surface area contributed by atoms with Gasteiger partial charge in [0.15, 0.2) is 0 Å². The lowest BCUT2D eigenvalue weighted by molar-refractivity contribution is -0.154. The van der Waals surface area contributed by atoms with Gasteiger partial charge in [-0.05, 0) is 38.0 Å². The normalized spacial score (nSPS) is 37.5. The molecule has 2 aliphatic heterocycles. The molecule has 1 N–H and O–H groups in total. The first-order valence-corrected chi connectivity index (χ1v) is 7.81. The zero-order valence-corrected chi connectivity index (χ0v) is 11.8. The summed E-state index contributed by atoms with van der Waals surface area (Å²) >= 11 is 0. The van der Waals surface area contributed by atoms with E-state index in [1.54, 1.807) is 4.90 Å². The van der Waals surface area contributed by atoms with Gasteiger partial charge in [-0.25, -0.2) is 4.79 Å². The Bertz CT molecular complexity index is 391. The molecule has 5 heteroatoms. The van der Waals surface area contributed by atoms with Gasteiger partial charge in [0.1, 0.15) is 6.04 Å². The minimum atomic E-state index is -0.843. The second kappa shape index (κ2) is 5.72. The number of fused-ring (bicyclic) bond motifs is 1. The van der Waals surface area contributed by atoms with Crippen LogP contribution in [0.2, 0.25) is 0 Å². The molecule has 1 saturated carbocycles. The van der Waals surface area contributed by atoms with Crippen molar-refractivity contribution in [1.82, 2.24) is 4.90 Å². The molecule has 2 heterocycles. The summed E-state index contributed by atoms with van der Waals surface area (Å²) < 4.78 is 5.40. The van der Waals surface area contributed by atoms with Crippen LogP contribution >= 0.6 is 0 Å². The van der Waals surface area contributed by atoms with Crippen molar-refractivity contribution in [3.8, 4) is 0 Å². The summed E-state index contributed by atoms with van der Waals surface area (Å²) in [5.74, 6) is -0.569. The largest absolute Gasteiger partial charge is 0.480 e. The third-order valence-corrected chi connectivity index (χ3v) is 5.14. The van der Waals surface area contributed by atoms with Crippen molar-refractivity contribution in [2.45, 2.75) is 57.0 Å². The van der Waals surface area contributed by atoms with Crippen molar-refractivity contribution in [3.63, 3.8) is 0 Å². The minimum Gasteiger partial charge on any atom is -0.480 e. The van der Waals surface area contributed by atoms with Gasteiger partial charge in [-0.1, -0.05) is 12.8 Å². The van der Waals surface area contributed by atoms with Crippen molar-refractivity contribution in [2.75, 3.05) is 13.2 Å². The lowest BCUT2D eigenvalue weighted by Crippen LogP contribution is -2.50. The van der Waals surface area contributed by atoms with Crippen LogP contribution in [0.3, 0.4) is 0 Å². The van der Waals surface area contributed by atoms with Gasteiger partial charge < -0.3 is 14.7 Å². The Labute approximate surface area is 119 Å². The number of hydrogen-bond acceptors (Lipinski definition) is 3. The highest BCUT2D eigenvalue weighted by Gasteiger charge is 2.48. The summed E-state index contributed by atoms with van der Waals surface area (Å²) in [6.45, 7) is 1.18. The van der Waals surface area contributed by atoms with Crippen LogP contribution in [0, 0.1) is 11.8 Å². The summed E-state index contributed by atoms with van der Waals surface area (Å²) in [6.07, 6.45) is 6.68. The van der Waals surface area contributed by atoms with Gasteiger partial charge >= 0.3 is 5.97 Å². The number of hydrogen-bond donors (Lipinski definition) is 1. The molecule has 4 unspecified atom stereocenters. The maximum Gasteiger partial charge on any atom is 0.326 e. The Kier molecular flexibility index (Phi) is 3.96. The van der Waals surface area contributed by atoms with Crippen molar-refractivity contribution in [2.24, 2.45) is 11.8 Å². The Balaban J connectivity index is 1.79. The predicted molar refractivity (Wildman–Crippen MR) is 72.2 cm³/mol. The zero-order valence-electron chi connectivity index (χ0n) is 11.8. The van der Waals surface area contributed by atoms with Gasteiger partial charge in [-0.2, -0.15) is 0 Å². The second-order valence-corrected chi connectivity index (χ2v) is 6.36.